The molecule has 2 aromatic carbocycles. The van der Waals surface area contributed by atoms with Crippen molar-refractivity contribution >= 4 is 15.7 Å². The van der Waals surface area contributed by atoms with Crippen molar-refractivity contribution in [1.29, 1.82) is 0 Å². The van der Waals surface area contributed by atoms with E-state index >= 15 is 0 Å². The lowest BCUT2D eigenvalue weighted by Gasteiger charge is -2.39. The van der Waals surface area contributed by atoms with Gasteiger partial charge in [-0.2, -0.15) is 4.31 Å². The summed E-state index contributed by atoms with van der Waals surface area (Å²) in [5.41, 5.74) is 4.49. The highest BCUT2D eigenvalue weighted by Gasteiger charge is 2.33. The first kappa shape index (κ1) is 21.3. The normalized spacial score (nSPS) is 18.2. The standard InChI is InChI=1S/C24H33N3O2S/c1-4-25(5-2)21-12-14-26(15-13-21)24-11-7-9-20-17-27(18-23(20)24)30(28,29)22-10-6-8-19(3)16-22/h6-11,16,21H,4-5,12-15,17-18H2,1-3H3. The van der Waals surface area contributed by atoms with Gasteiger partial charge in [-0.05, 0) is 67.7 Å². The number of nitrogens with zero attached hydrogens (tertiary/aromatic N) is 3. The van der Waals surface area contributed by atoms with E-state index in [2.05, 4.69) is 41.8 Å². The first-order valence-corrected chi connectivity index (χ1v) is 12.5. The zero-order valence-corrected chi connectivity index (χ0v) is 19.2. The van der Waals surface area contributed by atoms with Crippen LogP contribution in [0.5, 0.6) is 0 Å². The number of piperidine rings is 1. The van der Waals surface area contributed by atoms with Crippen LogP contribution in [-0.4, -0.2) is 49.8 Å². The summed E-state index contributed by atoms with van der Waals surface area (Å²) in [7, 11) is -3.50. The van der Waals surface area contributed by atoms with E-state index in [1.165, 1.54) is 11.3 Å². The van der Waals surface area contributed by atoms with Gasteiger partial charge < -0.3 is 9.80 Å². The number of anilines is 1. The molecule has 0 radical (unpaired) electrons. The van der Waals surface area contributed by atoms with Gasteiger partial charge in [0.05, 0.1) is 4.90 Å². The van der Waals surface area contributed by atoms with E-state index in [0.29, 0.717) is 24.0 Å². The number of benzene rings is 2. The van der Waals surface area contributed by atoms with E-state index < -0.39 is 10.0 Å². The van der Waals surface area contributed by atoms with Crippen molar-refractivity contribution < 1.29 is 8.42 Å². The number of aryl methyl sites for hydroxylation is 1. The molecule has 1 saturated heterocycles. The van der Waals surface area contributed by atoms with Crippen LogP contribution in [0.25, 0.3) is 0 Å². The van der Waals surface area contributed by atoms with E-state index in [1.54, 1.807) is 16.4 Å². The van der Waals surface area contributed by atoms with Crippen molar-refractivity contribution in [1.82, 2.24) is 9.21 Å². The molecule has 6 heteroatoms. The summed E-state index contributed by atoms with van der Waals surface area (Å²) in [6.45, 7) is 11.6. The molecule has 0 aliphatic carbocycles. The number of hydrogen-bond donors (Lipinski definition) is 0. The average Bonchev–Trinajstić information content (AvgIpc) is 3.20. The maximum absolute atomic E-state index is 13.2. The van der Waals surface area contributed by atoms with Crippen molar-refractivity contribution in [3.63, 3.8) is 0 Å². The van der Waals surface area contributed by atoms with Crippen molar-refractivity contribution in [2.24, 2.45) is 0 Å². The van der Waals surface area contributed by atoms with E-state index in [-0.39, 0.29) is 0 Å². The highest BCUT2D eigenvalue weighted by molar-refractivity contribution is 7.89. The molecule has 0 bridgehead atoms. The average molecular weight is 428 g/mol. The fraction of sp³-hybridized carbons (Fsp3) is 0.500. The van der Waals surface area contributed by atoms with Gasteiger partial charge in [0.1, 0.15) is 0 Å². The van der Waals surface area contributed by atoms with Crippen LogP contribution in [0.2, 0.25) is 0 Å². The smallest absolute Gasteiger partial charge is 0.243 e. The Kier molecular flexibility index (Phi) is 6.19. The molecule has 0 atom stereocenters. The van der Waals surface area contributed by atoms with Crippen LogP contribution in [0.3, 0.4) is 0 Å². The lowest BCUT2D eigenvalue weighted by Crippen LogP contribution is -2.45. The highest BCUT2D eigenvalue weighted by Crippen LogP contribution is 2.36. The Hall–Kier alpha value is -1.89. The Morgan fingerprint density at radius 1 is 1.00 bits per heavy atom. The number of sulfonamides is 1. The Morgan fingerprint density at radius 2 is 1.70 bits per heavy atom. The van der Waals surface area contributed by atoms with Gasteiger partial charge in [-0.3, -0.25) is 0 Å². The molecule has 0 saturated carbocycles. The van der Waals surface area contributed by atoms with E-state index in [4.69, 9.17) is 0 Å². The molecule has 2 heterocycles. The second kappa shape index (κ2) is 8.69. The van der Waals surface area contributed by atoms with E-state index in [1.807, 2.05) is 19.1 Å². The lowest BCUT2D eigenvalue weighted by atomic mass is 10.0. The predicted molar refractivity (Wildman–Crippen MR) is 122 cm³/mol. The Balaban J connectivity index is 1.52. The molecule has 0 amide bonds. The Bertz CT molecular complexity index is 993. The third-order valence-corrected chi connectivity index (χ3v) is 8.48. The van der Waals surface area contributed by atoms with Gasteiger partial charge in [-0.1, -0.05) is 38.1 Å². The van der Waals surface area contributed by atoms with Gasteiger partial charge in [-0.25, -0.2) is 8.42 Å². The van der Waals surface area contributed by atoms with E-state index in [9.17, 15) is 8.42 Å². The SMILES string of the molecule is CCN(CC)C1CCN(c2cccc3c2CN(S(=O)(=O)c2cccc(C)c2)C3)CC1. The minimum absolute atomic E-state index is 0.386. The number of hydrogen-bond acceptors (Lipinski definition) is 4. The largest absolute Gasteiger partial charge is 0.371 e. The van der Waals surface area contributed by atoms with Crippen LogP contribution in [0.1, 0.15) is 43.4 Å². The van der Waals surface area contributed by atoms with Crippen molar-refractivity contribution in [3.8, 4) is 0 Å². The molecule has 0 N–H and O–H groups in total. The number of fused-ring (bicyclic) bond motifs is 1. The first-order valence-electron chi connectivity index (χ1n) is 11.1. The lowest BCUT2D eigenvalue weighted by molar-refractivity contribution is 0.186. The van der Waals surface area contributed by atoms with Crippen LogP contribution in [-0.2, 0) is 23.1 Å². The number of rotatable bonds is 6. The molecule has 162 valence electrons. The minimum Gasteiger partial charge on any atom is -0.371 e. The van der Waals surface area contributed by atoms with Crippen LogP contribution in [0, 0.1) is 6.92 Å². The molecule has 30 heavy (non-hydrogen) atoms. The zero-order chi connectivity index (χ0) is 21.3. The molecule has 2 aliphatic heterocycles. The van der Waals surface area contributed by atoms with Gasteiger partial charge >= 0.3 is 0 Å². The van der Waals surface area contributed by atoms with Crippen molar-refractivity contribution in [3.05, 3.63) is 59.2 Å². The molecule has 0 aromatic heterocycles. The van der Waals surface area contributed by atoms with Gasteiger partial charge in [0.15, 0.2) is 0 Å². The quantitative estimate of drug-likeness (QED) is 0.699. The molecule has 2 aromatic rings. The van der Waals surface area contributed by atoms with Crippen LogP contribution < -0.4 is 4.90 Å². The molecule has 0 spiro atoms. The van der Waals surface area contributed by atoms with Crippen molar-refractivity contribution in [2.45, 2.75) is 57.6 Å². The second-order valence-electron chi connectivity index (χ2n) is 8.44. The van der Waals surface area contributed by atoms with Gasteiger partial charge in [0, 0.05) is 37.9 Å². The second-order valence-corrected chi connectivity index (χ2v) is 10.4. The molecular formula is C24H33N3O2S. The third kappa shape index (κ3) is 4.01. The topological polar surface area (TPSA) is 43.9 Å². The summed E-state index contributed by atoms with van der Waals surface area (Å²) in [4.78, 5) is 5.40. The summed E-state index contributed by atoms with van der Waals surface area (Å²) in [6, 6.07) is 14.2. The fourth-order valence-electron chi connectivity index (χ4n) is 4.98. The highest BCUT2D eigenvalue weighted by atomic mass is 32.2. The molecule has 2 aliphatic rings. The Labute approximate surface area is 181 Å². The van der Waals surface area contributed by atoms with Crippen LogP contribution in [0.15, 0.2) is 47.4 Å². The molecule has 0 unspecified atom stereocenters. The van der Waals surface area contributed by atoms with Crippen LogP contribution in [0.4, 0.5) is 5.69 Å². The predicted octanol–water partition coefficient (Wildman–Crippen LogP) is 4.01. The third-order valence-electron chi connectivity index (χ3n) is 6.69. The van der Waals surface area contributed by atoms with Crippen molar-refractivity contribution in [2.75, 3.05) is 31.1 Å². The molecule has 1 fully saturated rings. The van der Waals surface area contributed by atoms with Crippen LogP contribution >= 0.6 is 0 Å². The summed E-state index contributed by atoms with van der Waals surface area (Å²) in [6.07, 6.45) is 2.33. The minimum atomic E-state index is -3.50. The maximum atomic E-state index is 13.2. The summed E-state index contributed by atoms with van der Waals surface area (Å²) >= 11 is 0. The summed E-state index contributed by atoms with van der Waals surface area (Å²) < 4.78 is 28.1. The first-order chi connectivity index (χ1) is 14.4. The maximum Gasteiger partial charge on any atom is 0.243 e. The molecule has 5 nitrogen and oxygen atoms in total. The van der Waals surface area contributed by atoms with Gasteiger partial charge in [-0.15, -0.1) is 0 Å². The zero-order valence-electron chi connectivity index (χ0n) is 18.3. The van der Waals surface area contributed by atoms with Gasteiger partial charge in [0.2, 0.25) is 10.0 Å². The fourth-order valence-corrected chi connectivity index (χ4v) is 6.47. The monoisotopic (exact) mass is 427 g/mol. The molecular weight excluding hydrogens is 394 g/mol. The van der Waals surface area contributed by atoms with E-state index in [0.717, 1.165) is 50.1 Å². The summed E-state index contributed by atoms with van der Waals surface area (Å²) in [5.74, 6) is 0. The van der Waals surface area contributed by atoms with Gasteiger partial charge in [0.25, 0.3) is 0 Å². The molecule has 4 rings (SSSR count). The summed E-state index contributed by atoms with van der Waals surface area (Å²) in [5, 5.41) is 0. The Morgan fingerprint density at radius 3 is 2.37 bits per heavy atom.